The topological polar surface area (TPSA) is 40.9 Å². The van der Waals surface area contributed by atoms with E-state index in [9.17, 15) is 13.6 Å². The molecule has 0 aliphatic carbocycles. The molecule has 0 aromatic heterocycles. The van der Waals surface area contributed by atoms with Crippen LogP contribution < -0.4 is 0 Å². The first-order chi connectivity index (χ1) is 6.99. The lowest BCUT2D eigenvalue weighted by atomic mass is 10.0. The Balaban J connectivity index is 3.51. The smallest absolute Gasteiger partial charge is 0.266 e. The van der Waals surface area contributed by atoms with E-state index in [1.54, 1.807) is 6.07 Å². The van der Waals surface area contributed by atoms with Gasteiger partial charge in [0.15, 0.2) is 5.78 Å². The summed E-state index contributed by atoms with van der Waals surface area (Å²) < 4.78 is 25.3. The Morgan fingerprint density at radius 3 is 2.53 bits per heavy atom. The van der Waals surface area contributed by atoms with Gasteiger partial charge in [0.25, 0.3) is 6.43 Å². The van der Waals surface area contributed by atoms with Crippen molar-refractivity contribution in [1.29, 1.82) is 5.26 Å². The average molecular weight is 274 g/mol. The predicted octanol–water partition coefficient (Wildman–Crippen LogP) is 3.46. The molecule has 0 bridgehead atoms. The Labute approximate surface area is 93.6 Å². The number of nitrogens with zero attached hydrogens (tertiary/aromatic N) is 1. The molecule has 0 aliphatic heterocycles. The van der Waals surface area contributed by atoms with Crippen LogP contribution >= 0.6 is 15.9 Å². The quantitative estimate of drug-likeness (QED) is 0.775. The number of nitriles is 1. The van der Waals surface area contributed by atoms with Crippen molar-refractivity contribution in [2.75, 3.05) is 0 Å². The van der Waals surface area contributed by atoms with E-state index in [0.717, 1.165) is 0 Å². The Morgan fingerprint density at radius 1 is 1.53 bits per heavy atom. The molecule has 0 amide bonds. The fourth-order valence-electron chi connectivity index (χ4n) is 1.18. The van der Waals surface area contributed by atoms with Gasteiger partial charge >= 0.3 is 0 Å². The minimum absolute atomic E-state index is 0.00375. The Kier molecular flexibility index (Phi) is 3.53. The number of Topliss-reactive ketones (excluding diaryl/α,β-unsaturated/α-hetero) is 1. The van der Waals surface area contributed by atoms with Crippen LogP contribution in [0.2, 0.25) is 0 Å². The van der Waals surface area contributed by atoms with Crippen LogP contribution in [0.4, 0.5) is 8.78 Å². The van der Waals surface area contributed by atoms with Gasteiger partial charge < -0.3 is 0 Å². The van der Waals surface area contributed by atoms with Gasteiger partial charge in [0, 0.05) is 10.0 Å². The standard InChI is InChI=1S/C10H6BrF2NO/c1-5(15)7-3-2-6(4-14)8(9(7)11)10(12)13/h2-3,10H,1H3. The van der Waals surface area contributed by atoms with Crippen LogP contribution in [0.15, 0.2) is 16.6 Å². The van der Waals surface area contributed by atoms with E-state index in [1.165, 1.54) is 19.1 Å². The van der Waals surface area contributed by atoms with Crippen molar-refractivity contribution in [2.24, 2.45) is 0 Å². The van der Waals surface area contributed by atoms with Crippen LogP contribution in [-0.2, 0) is 0 Å². The van der Waals surface area contributed by atoms with Gasteiger partial charge in [-0.25, -0.2) is 8.78 Å². The van der Waals surface area contributed by atoms with Crippen molar-refractivity contribution in [3.63, 3.8) is 0 Å². The molecule has 0 atom stereocenters. The third kappa shape index (κ3) is 2.21. The molecule has 1 rings (SSSR count). The lowest BCUT2D eigenvalue weighted by Gasteiger charge is -2.08. The first-order valence-electron chi connectivity index (χ1n) is 4.00. The minimum Gasteiger partial charge on any atom is -0.294 e. The van der Waals surface area contributed by atoms with Crippen LogP contribution in [0, 0.1) is 11.3 Å². The van der Waals surface area contributed by atoms with E-state index < -0.39 is 12.0 Å². The van der Waals surface area contributed by atoms with Crippen LogP contribution in [0.5, 0.6) is 0 Å². The van der Waals surface area contributed by atoms with Gasteiger partial charge in [-0.05, 0) is 35.0 Å². The number of rotatable bonds is 2. The third-order valence-corrected chi connectivity index (χ3v) is 2.75. The number of ketones is 1. The highest BCUT2D eigenvalue weighted by atomic mass is 79.9. The molecule has 0 aliphatic rings. The summed E-state index contributed by atoms with van der Waals surface area (Å²) in [6, 6.07) is 4.25. The molecular formula is C10H6BrF2NO. The number of alkyl halides is 2. The van der Waals surface area contributed by atoms with Crippen molar-refractivity contribution < 1.29 is 13.6 Å². The number of carbonyl (C=O) groups is 1. The summed E-state index contributed by atoms with van der Waals surface area (Å²) in [4.78, 5) is 11.1. The lowest BCUT2D eigenvalue weighted by molar-refractivity contribution is 0.101. The maximum Gasteiger partial charge on any atom is 0.266 e. The number of carbonyl (C=O) groups excluding carboxylic acids is 1. The van der Waals surface area contributed by atoms with E-state index in [-0.39, 0.29) is 21.4 Å². The molecule has 0 fully saturated rings. The molecule has 2 nitrogen and oxygen atoms in total. The maximum absolute atomic E-state index is 12.6. The second-order valence-electron chi connectivity index (χ2n) is 2.86. The summed E-state index contributed by atoms with van der Waals surface area (Å²) in [5, 5.41) is 8.63. The Hall–Kier alpha value is -1.28. The highest BCUT2D eigenvalue weighted by molar-refractivity contribution is 9.10. The van der Waals surface area contributed by atoms with Gasteiger partial charge in [-0.15, -0.1) is 0 Å². The van der Waals surface area contributed by atoms with Crippen molar-refractivity contribution in [1.82, 2.24) is 0 Å². The van der Waals surface area contributed by atoms with Gasteiger partial charge in [-0.3, -0.25) is 4.79 Å². The van der Waals surface area contributed by atoms with E-state index >= 15 is 0 Å². The van der Waals surface area contributed by atoms with Crippen molar-refractivity contribution >= 4 is 21.7 Å². The first kappa shape index (κ1) is 11.8. The van der Waals surface area contributed by atoms with Gasteiger partial charge in [-0.1, -0.05) is 0 Å². The zero-order chi connectivity index (χ0) is 11.6. The second kappa shape index (κ2) is 4.49. The first-order valence-corrected chi connectivity index (χ1v) is 4.80. The number of hydrogen-bond acceptors (Lipinski definition) is 2. The van der Waals surface area contributed by atoms with Crippen molar-refractivity contribution in [2.45, 2.75) is 13.3 Å². The molecule has 1 aromatic carbocycles. The summed E-state index contributed by atoms with van der Waals surface area (Å²) in [6.45, 7) is 1.28. The molecule has 0 spiro atoms. The van der Waals surface area contributed by atoms with Gasteiger partial charge in [0.2, 0.25) is 0 Å². The number of benzene rings is 1. The fourth-order valence-corrected chi connectivity index (χ4v) is 1.97. The monoisotopic (exact) mass is 273 g/mol. The van der Waals surface area contributed by atoms with Crippen LogP contribution in [0.3, 0.4) is 0 Å². The average Bonchev–Trinajstić information content (AvgIpc) is 2.15. The molecule has 0 saturated carbocycles. The minimum atomic E-state index is -2.78. The highest BCUT2D eigenvalue weighted by Crippen LogP contribution is 2.33. The van der Waals surface area contributed by atoms with E-state index in [2.05, 4.69) is 15.9 Å². The molecule has 1 aromatic rings. The SMILES string of the molecule is CC(=O)c1ccc(C#N)c(C(F)F)c1Br. The Bertz CT molecular complexity index is 451. The van der Waals surface area contributed by atoms with Crippen LogP contribution in [-0.4, -0.2) is 5.78 Å². The fraction of sp³-hybridized carbons (Fsp3) is 0.200. The molecular weight excluding hydrogens is 268 g/mol. The largest absolute Gasteiger partial charge is 0.294 e. The van der Waals surface area contributed by atoms with Gasteiger partial charge in [0.1, 0.15) is 0 Å². The summed E-state index contributed by atoms with van der Waals surface area (Å²) in [6.07, 6.45) is -2.78. The maximum atomic E-state index is 12.6. The summed E-state index contributed by atoms with van der Waals surface area (Å²) in [5.74, 6) is -0.326. The summed E-state index contributed by atoms with van der Waals surface area (Å²) >= 11 is 2.92. The van der Waals surface area contributed by atoms with Gasteiger partial charge in [-0.2, -0.15) is 5.26 Å². The molecule has 5 heteroatoms. The predicted molar refractivity (Wildman–Crippen MR) is 53.8 cm³/mol. The number of hydrogen-bond donors (Lipinski definition) is 0. The second-order valence-corrected chi connectivity index (χ2v) is 3.65. The third-order valence-electron chi connectivity index (χ3n) is 1.90. The molecule has 0 unspecified atom stereocenters. The van der Waals surface area contributed by atoms with Crippen LogP contribution in [0.25, 0.3) is 0 Å². The van der Waals surface area contributed by atoms with Gasteiger partial charge in [0.05, 0.1) is 17.2 Å². The molecule has 0 heterocycles. The zero-order valence-electron chi connectivity index (χ0n) is 7.72. The van der Waals surface area contributed by atoms with E-state index in [1.807, 2.05) is 0 Å². The molecule has 0 N–H and O–H groups in total. The molecule has 0 saturated heterocycles. The van der Waals surface area contributed by atoms with E-state index in [0.29, 0.717) is 0 Å². The zero-order valence-corrected chi connectivity index (χ0v) is 9.31. The highest BCUT2D eigenvalue weighted by Gasteiger charge is 2.20. The number of halogens is 3. The summed E-state index contributed by atoms with van der Waals surface area (Å²) in [5.41, 5.74) is -0.392. The normalized spacial score (nSPS) is 10.1. The van der Waals surface area contributed by atoms with Crippen LogP contribution in [0.1, 0.15) is 34.8 Å². The lowest BCUT2D eigenvalue weighted by Crippen LogP contribution is -2.00. The Morgan fingerprint density at radius 2 is 2.13 bits per heavy atom. The van der Waals surface area contributed by atoms with Crippen molar-refractivity contribution in [3.8, 4) is 6.07 Å². The molecule has 0 radical (unpaired) electrons. The summed E-state index contributed by atoms with van der Waals surface area (Å²) in [7, 11) is 0. The molecule has 15 heavy (non-hydrogen) atoms. The van der Waals surface area contributed by atoms with E-state index in [4.69, 9.17) is 5.26 Å². The van der Waals surface area contributed by atoms with Crippen molar-refractivity contribution in [3.05, 3.63) is 33.3 Å². The molecule has 78 valence electrons.